The molecule has 9 nitrogen and oxygen atoms in total. The molecule has 0 rings (SSSR count). The van der Waals surface area contributed by atoms with Crippen molar-refractivity contribution in [2.24, 2.45) is 0 Å². The molecule has 0 aliphatic carbocycles. The van der Waals surface area contributed by atoms with Gasteiger partial charge in [0.05, 0.1) is 13.1 Å². The van der Waals surface area contributed by atoms with Crippen molar-refractivity contribution in [2.45, 2.75) is 26.4 Å². The molecule has 0 radical (unpaired) electrons. The lowest BCUT2D eigenvalue weighted by molar-refractivity contribution is -0.154. The van der Waals surface area contributed by atoms with Gasteiger partial charge in [-0.1, -0.05) is 0 Å². The van der Waals surface area contributed by atoms with Crippen LogP contribution in [0.2, 0.25) is 0 Å². The number of carboxylic acids is 1. The zero-order valence-electron chi connectivity index (χ0n) is 13.3. The van der Waals surface area contributed by atoms with Crippen LogP contribution < -0.4 is 10.6 Å². The number of carbonyl (C=O) groups is 4. The number of hydrogen-bond donors (Lipinski definition) is 3. The number of hydrogen-bond acceptors (Lipinski definition) is 6. The molecule has 0 aliphatic rings. The van der Waals surface area contributed by atoms with E-state index in [1.54, 1.807) is 20.8 Å². The van der Waals surface area contributed by atoms with Crippen molar-refractivity contribution in [1.29, 1.82) is 0 Å². The molecule has 0 unspecified atom stereocenters. The Morgan fingerprint density at radius 3 is 1.86 bits per heavy atom. The third-order valence-electron chi connectivity index (χ3n) is 2.11. The van der Waals surface area contributed by atoms with Gasteiger partial charge in [0.2, 0.25) is 11.8 Å². The first-order valence-electron chi connectivity index (χ1n) is 6.65. The number of likely N-dealkylation sites (N-methyl/N-ethyl adjacent to an activating group) is 1. The summed E-state index contributed by atoms with van der Waals surface area (Å²) in [7, 11) is 1.52. The molecular formula is C13H23N3O6. The van der Waals surface area contributed by atoms with Gasteiger partial charge in [-0.15, -0.1) is 0 Å². The van der Waals surface area contributed by atoms with Gasteiger partial charge in [-0.2, -0.15) is 0 Å². The lowest BCUT2D eigenvalue weighted by atomic mass is 10.2. The molecule has 0 aromatic carbocycles. The molecule has 126 valence electrons. The predicted octanol–water partition coefficient (Wildman–Crippen LogP) is -1.42. The van der Waals surface area contributed by atoms with Gasteiger partial charge in [-0.3, -0.25) is 24.1 Å². The van der Waals surface area contributed by atoms with Crippen LogP contribution in [0.1, 0.15) is 20.8 Å². The van der Waals surface area contributed by atoms with E-state index in [-0.39, 0.29) is 19.6 Å². The molecule has 0 saturated heterocycles. The van der Waals surface area contributed by atoms with Crippen molar-refractivity contribution in [2.75, 3.05) is 33.2 Å². The fourth-order valence-corrected chi connectivity index (χ4v) is 1.38. The van der Waals surface area contributed by atoms with Crippen LogP contribution in [0.15, 0.2) is 0 Å². The van der Waals surface area contributed by atoms with Crippen molar-refractivity contribution in [3.63, 3.8) is 0 Å². The minimum Gasteiger partial charge on any atom is -0.480 e. The molecule has 0 heterocycles. The van der Waals surface area contributed by atoms with E-state index in [4.69, 9.17) is 9.84 Å². The number of aliphatic carboxylic acids is 1. The molecule has 0 aromatic heterocycles. The minimum atomic E-state index is -1.15. The maximum atomic E-state index is 11.6. The largest absolute Gasteiger partial charge is 0.480 e. The number of nitrogens with one attached hydrogen (secondary N) is 2. The Hall–Kier alpha value is -2.16. The van der Waals surface area contributed by atoms with Crippen LogP contribution >= 0.6 is 0 Å². The second kappa shape index (κ2) is 8.98. The van der Waals surface area contributed by atoms with E-state index in [1.165, 1.54) is 11.9 Å². The Balaban J connectivity index is 3.98. The van der Waals surface area contributed by atoms with Gasteiger partial charge in [0.1, 0.15) is 18.7 Å². The SMILES string of the molecule is CN(CC(=O)NCC(=O)O)CC(=O)NCC(=O)OC(C)(C)C. The Kier molecular flexibility index (Phi) is 8.10. The molecule has 0 bridgehead atoms. The van der Waals surface area contributed by atoms with Crippen LogP contribution in [0, 0.1) is 0 Å². The first kappa shape index (κ1) is 19.8. The van der Waals surface area contributed by atoms with Gasteiger partial charge in [-0.05, 0) is 27.8 Å². The smallest absolute Gasteiger partial charge is 0.325 e. The summed E-state index contributed by atoms with van der Waals surface area (Å²) in [6.45, 7) is 4.19. The highest BCUT2D eigenvalue weighted by molar-refractivity contribution is 5.85. The lowest BCUT2D eigenvalue weighted by Gasteiger charge is -2.20. The Labute approximate surface area is 129 Å². The summed E-state index contributed by atoms with van der Waals surface area (Å²) in [6, 6.07) is 0. The number of carboxylic acid groups (broad SMARTS) is 1. The van der Waals surface area contributed by atoms with E-state index < -0.39 is 35.9 Å². The zero-order valence-corrected chi connectivity index (χ0v) is 13.3. The number of rotatable bonds is 8. The monoisotopic (exact) mass is 317 g/mol. The van der Waals surface area contributed by atoms with Crippen molar-refractivity contribution >= 4 is 23.8 Å². The topological polar surface area (TPSA) is 125 Å². The fraction of sp³-hybridized carbons (Fsp3) is 0.692. The van der Waals surface area contributed by atoms with E-state index in [2.05, 4.69) is 10.6 Å². The summed E-state index contributed by atoms with van der Waals surface area (Å²) in [5.41, 5.74) is -0.624. The van der Waals surface area contributed by atoms with Gasteiger partial charge < -0.3 is 20.5 Å². The number of nitrogens with zero attached hydrogens (tertiary/aromatic N) is 1. The van der Waals surface area contributed by atoms with E-state index in [0.29, 0.717) is 0 Å². The highest BCUT2D eigenvalue weighted by atomic mass is 16.6. The molecule has 0 fully saturated rings. The average Bonchev–Trinajstić information content (AvgIpc) is 2.31. The lowest BCUT2D eigenvalue weighted by Crippen LogP contribution is -2.43. The molecule has 0 atom stereocenters. The highest BCUT2D eigenvalue weighted by Crippen LogP contribution is 2.06. The average molecular weight is 317 g/mol. The van der Waals surface area contributed by atoms with Crippen molar-refractivity contribution < 1.29 is 29.0 Å². The van der Waals surface area contributed by atoms with Crippen molar-refractivity contribution in [3.05, 3.63) is 0 Å². The van der Waals surface area contributed by atoms with E-state index in [9.17, 15) is 19.2 Å². The van der Waals surface area contributed by atoms with Crippen LogP contribution in [0.25, 0.3) is 0 Å². The first-order valence-corrected chi connectivity index (χ1v) is 6.65. The second-order valence-electron chi connectivity index (χ2n) is 5.71. The molecule has 0 aliphatic heterocycles. The van der Waals surface area contributed by atoms with Crippen LogP contribution in [0.3, 0.4) is 0 Å². The number of ether oxygens (including phenoxy) is 1. The summed E-state index contributed by atoms with van der Waals surface area (Å²) < 4.78 is 5.03. The third-order valence-corrected chi connectivity index (χ3v) is 2.11. The first-order chi connectivity index (χ1) is 9.99. The second-order valence-corrected chi connectivity index (χ2v) is 5.71. The van der Waals surface area contributed by atoms with Gasteiger partial charge in [0.25, 0.3) is 0 Å². The Bertz CT molecular complexity index is 430. The standard InChI is InChI=1S/C13H23N3O6/c1-13(2,3)22-12(21)6-15-10(18)8-16(4)7-9(17)14-5-11(19)20/h5-8H2,1-4H3,(H,14,17)(H,15,18)(H,19,20). The fourth-order valence-electron chi connectivity index (χ4n) is 1.38. The summed E-state index contributed by atoms with van der Waals surface area (Å²) in [4.78, 5) is 46.0. The van der Waals surface area contributed by atoms with Crippen LogP contribution in [0.5, 0.6) is 0 Å². The number of amides is 2. The number of esters is 1. The van der Waals surface area contributed by atoms with E-state index in [0.717, 1.165) is 0 Å². The van der Waals surface area contributed by atoms with Gasteiger partial charge >= 0.3 is 11.9 Å². The van der Waals surface area contributed by atoms with Crippen molar-refractivity contribution in [1.82, 2.24) is 15.5 Å². The zero-order chi connectivity index (χ0) is 17.3. The summed E-state index contributed by atoms with van der Waals surface area (Å²) >= 11 is 0. The molecule has 3 N–H and O–H groups in total. The molecule has 0 saturated carbocycles. The maximum Gasteiger partial charge on any atom is 0.325 e. The van der Waals surface area contributed by atoms with E-state index in [1.807, 2.05) is 0 Å². The quantitative estimate of drug-likeness (QED) is 0.469. The summed E-state index contributed by atoms with van der Waals surface area (Å²) in [6.07, 6.45) is 0. The number of carbonyl (C=O) groups excluding carboxylic acids is 3. The minimum absolute atomic E-state index is 0.108. The van der Waals surface area contributed by atoms with Crippen LogP contribution in [0.4, 0.5) is 0 Å². The molecule has 9 heteroatoms. The van der Waals surface area contributed by atoms with Crippen molar-refractivity contribution in [3.8, 4) is 0 Å². The van der Waals surface area contributed by atoms with Crippen LogP contribution in [-0.2, 0) is 23.9 Å². The molecule has 0 aromatic rings. The van der Waals surface area contributed by atoms with Gasteiger partial charge in [0, 0.05) is 0 Å². The van der Waals surface area contributed by atoms with Crippen LogP contribution in [-0.4, -0.2) is 72.6 Å². The molecular weight excluding hydrogens is 294 g/mol. The molecule has 22 heavy (non-hydrogen) atoms. The van der Waals surface area contributed by atoms with E-state index >= 15 is 0 Å². The Morgan fingerprint density at radius 1 is 1.00 bits per heavy atom. The third kappa shape index (κ3) is 11.6. The maximum absolute atomic E-state index is 11.6. The molecule has 0 spiro atoms. The normalized spacial score (nSPS) is 11.0. The summed E-state index contributed by atoms with van der Waals surface area (Å²) in [5, 5.41) is 13.0. The predicted molar refractivity (Wildman–Crippen MR) is 77.0 cm³/mol. The Morgan fingerprint density at radius 2 is 1.45 bits per heavy atom. The van der Waals surface area contributed by atoms with Gasteiger partial charge in [0.15, 0.2) is 0 Å². The highest BCUT2D eigenvalue weighted by Gasteiger charge is 2.17. The van der Waals surface area contributed by atoms with Gasteiger partial charge in [-0.25, -0.2) is 0 Å². The summed E-state index contributed by atoms with van der Waals surface area (Å²) in [5.74, 6) is -2.65. The molecule has 2 amide bonds.